The summed E-state index contributed by atoms with van der Waals surface area (Å²) < 4.78 is 13.9. The monoisotopic (exact) mass is 248 g/mol. The Kier molecular flexibility index (Phi) is 2.81. The van der Waals surface area contributed by atoms with Crippen molar-refractivity contribution >= 4 is 5.69 Å². The van der Waals surface area contributed by atoms with Gasteiger partial charge in [0.05, 0.1) is 0 Å². The Balaban J connectivity index is 1.96. The minimum Gasteiger partial charge on any atom is -0.363 e. The number of likely N-dealkylation sites (N-methyl/N-ethyl adjacent to an activating group) is 1. The maximum atomic E-state index is 13.9. The van der Waals surface area contributed by atoms with Crippen molar-refractivity contribution in [2.75, 3.05) is 25.0 Å². The number of halogens is 1. The van der Waals surface area contributed by atoms with Crippen LogP contribution < -0.4 is 4.90 Å². The molecule has 2 bridgehead atoms. The van der Waals surface area contributed by atoms with Gasteiger partial charge in [0, 0.05) is 30.9 Å². The lowest BCUT2D eigenvalue weighted by Crippen LogP contribution is -2.52. The van der Waals surface area contributed by atoms with Gasteiger partial charge >= 0.3 is 0 Å². The molecular weight excluding hydrogens is 227 g/mol. The lowest BCUT2D eigenvalue weighted by Gasteiger charge is -2.41. The first kappa shape index (κ1) is 12.0. The zero-order chi connectivity index (χ0) is 12.9. The van der Waals surface area contributed by atoms with Crippen molar-refractivity contribution in [2.45, 2.75) is 38.8 Å². The van der Waals surface area contributed by atoms with Gasteiger partial charge in [0.25, 0.3) is 0 Å². The summed E-state index contributed by atoms with van der Waals surface area (Å²) in [4.78, 5) is 4.85. The first-order chi connectivity index (χ1) is 8.56. The Hall–Kier alpha value is -1.09. The molecule has 2 heterocycles. The molecule has 3 rings (SSSR count). The number of hydrogen-bond donors (Lipinski definition) is 0. The Morgan fingerprint density at radius 2 is 1.72 bits per heavy atom. The van der Waals surface area contributed by atoms with E-state index in [2.05, 4.69) is 22.9 Å². The Morgan fingerprint density at radius 1 is 1.11 bits per heavy atom. The van der Waals surface area contributed by atoms with Gasteiger partial charge < -0.3 is 9.80 Å². The number of piperazine rings is 1. The number of anilines is 1. The lowest BCUT2D eigenvalue weighted by atomic mass is 10.1. The third kappa shape index (κ3) is 1.81. The highest BCUT2D eigenvalue weighted by atomic mass is 19.1. The summed E-state index contributed by atoms with van der Waals surface area (Å²) in [6.07, 6.45) is 2.48. The van der Waals surface area contributed by atoms with Crippen LogP contribution in [-0.4, -0.2) is 37.1 Å². The summed E-state index contributed by atoms with van der Waals surface area (Å²) >= 11 is 0. The van der Waals surface area contributed by atoms with E-state index in [0.29, 0.717) is 12.1 Å². The molecule has 0 aromatic heterocycles. The number of likely N-dealkylation sites (tertiary alicyclic amines) is 1. The van der Waals surface area contributed by atoms with Crippen molar-refractivity contribution in [3.63, 3.8) is 0 Å². The van der Waals surface area contributed by atoms with Gasteiger partial charge in [0.1, 0.15) is 5.82 Å². The normalized spacial score (nSPS) is 27.9. The molecule has 2 atom stereocenters. The molecule has 0 saturated carbocycles. The molecule has 0 amide bonds. The van der Waals surface area contributed by atoms with Crippen LogP contribution in [0.2, 0.25) is 0 Å². The highest BCUT2D eigenvalue weighted by Crippen LogP contribution is 2.35. The zero-order valence-electron chi connectivity index (χ0n) is 11.4. The molecule has 2 nitrogen and oxygen atoms in total. The maximum absolute atomic E-state index is 13.9. The van der Waals surface area contributed by atoms with Crippen LogP contribution in [0.1, 0.15) is 24.0 Å². The van der Waals surface area contributed by atoms with Gasteiger partial charge in [-0.1, -0.05) is 0 Å². The molecule has 2 aliphatic heterocycles. The van der Waals surface area contributed by atoms with Gasteiger partial charge in [-0.15, -0.1) is 0 Å². The molecule has 0 aliphatic carbocycles. The highest BCUT2D eigenvalue weighted by molar-refractivity contribution is 5.54. The van der Waals surface area contributed by atoms with Gasteiger partial charge in [-0.25, -0.2) is 4.39 Å². The van der Waals surface area contributed by atoms with Crippen molar-refractivity contribution in [3.05, 3.63) is 29.1 Å². The Labute approximate surface area is 108 Å². The SMILES string of the molecule is Cc1cc(N2C3CCC2CN(C)C3)cc(F)c1C. The Morgan fingerprint density at radius 3 is 2.28 bits per heavy atom. The number of rotatable bonds is 1. The fourth-order valence-electron chi connectivity index (χ4n) is 3.48. The standard InChI is InChI=1S/C15H21FN2/c1-10-6-14(7-15(16)11(10)2)18-12-4-5-13(18)9-17(3)8-12/h6-7,12-13H,4-5,8-9H2,1-3H3. The van der Waals surface area contributed by atoms with E-state index in [1.165, 1.54) is 12.8 Å². The second kappa shape index (κ2) is 4.23. The number of nitrogens with zero attached hydrogens (tertiary/aromatic N) is 2. The number of aryl methyl sites for hydroxylation is 1. The molecule has 2 fully saturated rings. The van der Waals surface area contributed by atoms with Crippen molar-refractivity contribution in [1.29, 1.82) is 0 Å². The van der Waals surface area contributed by atoms with Crippen LogP contribution in [0.5, 0.6) is 0 Å². The fraction of sp³-hybridized carbons (Fsp3) is 0.600. The smallest absolute Gasteiger partial charge is 0.128 e. The van der Waals surface area contributed by atoms with E-state index in [1.54, 1.807) is 6.07 Å². The Bertz CT molecular complexity index is 435. The van der Waals surface area contributed by atoms with Crippen molar-refractivity contribution in [1.82, 2.24) is 4.90 Å². The van der Waals surface area contributed by atoms with E-state index in [9.17, 15) is 4.39 Å². The van der Waals surface area contributed by atoms with E-state index in [-0.39, 0.29) is 5.82 Å². The number of fused-ring (bicyclic) bond motifs is 2. The van der Waals surface area contributed by atoms with Crippen molar-refractivity contribution in [2.24, 2.45) is 0 Å². The predicted molar refractivity (Wildman–Crippen MR) is 72.7 cm³/mol. The van der Waals surface area contributed by atoms with E-state index in [1.807, 2.05) is 13.8 Å². The maximum Gasteiger partial charge on any atom is 0.128 e. The van der Waals surface area contributed by atoms with Crippen LogP contribution in [0.25, 0.3) is 0 Å². The molecular formula is C15H21FN2. The van der Waals surface area contributed by atoms with Gasteiger partial charge in [-0.2, -0.15) is 0 Å². The van der Waals surface area contributed by atoms with Crippen molar-refractivity contribution in [3.8, 4) is 0 Å². The third-order valence-electron chi connectivity index (χ3n) is 4.55. The van der Waals surface area contributed by atoms with Gasteiger partial charge in [0.15, 0.2) is 0 Å². The molecule has 0 spiro atoms. The first-order valence-electron chi connectivity index (χ1n) is 6.80. The van der Waals surface area contributed by atoms with E-state index < -0.39 is 0 Å². The minimum atomic E-state index is -0.0664. The van der Waals surface area contributed by atoms with Crippen LogP contribution in [0.3, 0.4) is 0 Å². The third-order valence-corrected chi connectivity index (χ3v) is 4.55. The fourth-order valence-corrected chi connectivity index (χ4v) is 3.48. The number of hydrogen-bond acceptors (Lipinski definition) is 2. The summed E-state index contributed by atoms with van der Waals surface area (Å²) in [7, 11) is 2.18. The van der Waals surface area contributed by atoms with Crippen molar-refractivity contribution < 1.29 is 4.39 Å². The lowest BCUT2D eigenvalue weighted by molar-refractivity contribution is 0.264. The summed E-state index contributed by atoms with van der Waals surface area (Å²) in [5.41, 5.74) is 2.92. The summed E-state index contributed by atoms with van der Waals surface area (Å²) in [6, 6.07) is 5.00. The van der Waals surface area contributed by atoms with Crippen LogP contribution in [0.4, 0.5) is 10.1 Å². The first-order valence-corrected chi connectivity index (χ1v) is 6.80. The zero-order valence-corrected chi connectivity index (χ0v) is 11.4. The van der Waals surface area contributed by atoms with E-state index >= 15 is 0 Å². The summed E-state index contributed by atoms with van der Waals surface area (Å²) in [6.45, 7) is 6.06. The van der Waals surface area contributed by atoms with Crippen LogP contribution in [0, 0.1) is 19.7 Å². The predicted octanol–water partition coefficient (Wildman–Crippen LogP) is 2.73. The molecule has 1 aromatic carbocycles. The largest absolute Gasteiger partial charge is 0.363 e. The van der Waals surface area contributed by atoms with Crippen LogP contribution in [-0.2, 0) is 0 Å². The molecule has 0 radical (unpaired) electrons. The topological polar surface area (TPSA) is 6.48 Å². The second-order valence-corrected chi connectivity index (χ2v) is 5.88. The molecule has 2 aliphatic rings. The quantitative estimate of drug-likeness (QED) is 0.754. The van der Waals surface area contributed by atoms with Crippen LogP contribution in [0.15, 0.2) is 12.1 Å². The summed E-state index contributed by atoms with van der Waals surface area (Å²) in [5.74, 6) is -0.0664. The summed E-state index contributed by atoms with van der Waals surface area (Å²) in [5, 5.41) is 0. The molecule has 2 unspecified atom stereocenters. The average Bonchev–Trinajstić information content (AvgIpc) is 2.58. The molecule has 1 aromatic rings. The highest BCUT2D eigenvalue weighted by Gasteiger charge is 2.38. The molecule has 2 saturated heterocycles. The van der Waals surface area contributed by atoms with E-state index in [0.717, 1.165) is 29.9 Å². The molecule has 3 heteroatoms. The van der Waals surface area contributed by atoms with Gasteiger partial charge in [-0.05, 0) is 57.0 Å². The minimum absolute atomic E-state index is 0.0664. The van der Waals surface area contributed by atoms with E-state index in [4.69, 9.17) is 0 Å². The van der Waals surface area contributed by atoms with Gasteiger partial charge in [0.2, 0.25) is 0 Å². The molecule has 0 N–H and O–H groups in total. The molecule has 98 valence electrons. The number of benzene rings is 1. The molecule has 18 heavy (non-hydrogen) atoms. The van der Waals surface area contributed by atoms with Crippen LogP contribution >= 0.6 is 0 Å². The second-order valence-electron chi connectivity index (χ2n) is 5.88. The average molecular weight is 248 g/mol. The van der Waals surface area contributed by atoms with Gasteiger partial charge in [-0.3, -0.25) is 0 Å².